The fraction of sp³-hybridized carbons (Fsp3) is 0.636. The lowest BCUT2D eigenvalue weighted by atomic mass is 10.2. The van der Waals surface area contributed by atoms with Gasteiger partial charge in [-0.05, 0) is 37.7 Å². The summed E-state index contributed by atoms with van der Waals surface area (Å²) in [6.45, 7) is 4.24. The molecule has 170 valence electrons. The van der Waals surface area contributed by atoms with E-state index in [1.165, 1.54) is 12.1 Å². The maximum atomic E-state index is 12.1. The molecule has 1 aromatic carbocycles. The summed E-state index contributed by atoms with van der Waals surface area (Å²) >= 11 is 0. The number of carbonyl (C=O) groups is 1. The SMILES string of the molecule is O=C1CCCCCN1CCCNC(=NCc1ccc([N+](=O)[O-])cc1)NCC1CCCO1. The van der Waals surface area contributed by atoms with Crippen LogP contribution in [0.3, 0.4) is 0 Å². The largest absolute Gasteiger partial charge is 0.376 e. The minimum Gasteiger partial charge on any atom is -0.376 e. The molecular formula is C22H33N5O4. The smallest absolute Gasteiger partial charge is 0.269 e. The Labute approximate surface area is 183 Å². The fourth-order valence-electron chi connectivity index (χ4n) is 3.84. The van der Waals surface area contributed by atoms with E-state index in [1.807, 2.05) is 4.90 Å². The van der Waals surface area contributed by atoms with Crippen LogP contribution in [0.15, 0.2) is 29.3 Å². The molecule has 0 spiro atoms. The molecule has 1 atom stereocenters. The molecule has 2 aliphatic rings. The third-order valence-corrected chi connectivity index (χ3v) is 5.66. The zero-order chi connectivity index (χ0) is 21.9. The van der Waals surface area contributed by atoms with Crippen LogP contribution in [0, 0.1) is 10.1 Å². The van der Waals surface area contributed by atoms with Gasteiger partial charge in [0.15, 0.2) is 5.96 Å². The Balaban J connectivity index is 1.50. The lowest BCUT2D eigenvalue weighted by Gasteiger charge is -2.21. The fourth-order valence-corrected chi connectivity index (χ4v) is 3.84. The Morgan fingerprint density at radius 3 is 2.77 bits per heavy atom. The molecule has 31 heavy (non-hydrogen) atoms. The molecule has 2 N–H and O–H groups in total. The first-order valence-electron chi connectivity index (χ1n) is 11.3. The normalized spacial score (nSPS) is 19.9. The lowest BCUT2D eigenvalue weighted by molar-refractivity contribution is -0.384. The molecule has 1 unspecified atom stereocenters. The molecule has 2 aliphatic heterocycles. The predicted octanol–water partition coefficient (Wildman–Crippen LogP) is 2.60. The predicted molar refractivity (Wildman–Crippen MR) is 119 cm³/mol. The van der Waals surface area contributed by atoms with Crippen molar-refractivity contribution in [1.82, 2.24) is 15.5 Å². The van der Waals surface area contributed by atoms with Crippen LogP contribution in [0.25, 0.3) is 0 Å². The monoisotopic (exact) mass is 431 g/mol. The van der Waals surface area contributed by atoms with E-state index < -0.39 is 4.92 Å². The number of nitrogens with one attached hydrogen (secondary N) is 2. The number of hydrogen-bond donors (Lipinski definition) is 2. The minimum absolute atomic E-state index is 0.0747. The van der Waals surface area contributed by atoms with E-state index in [-0.39, 0.29) is 17.7 Å². The number of hydrogen-bond acceptors (Lipinski definition) is 5. The summed E-state index contributed by atoms with van der Waals surface area (Å²) in [7, 11) is 0. The topological polar surface area (TPSA) is 109 Å². The molecule has 0 aliphatic carbocycles. The van der Waals surface area contributed by atoms with E-state index in [2.05, 4.69) is 15.6 Å². The van der Waals surface area contributed by atoms with Crippen LogP contribution in [0.1, 0.15) is 50.5 Å². The first kappa shape index (κ1) is 23.0. The van der Waals surface area contributed by atoms with Crippen molar-refractivity contribution in [3.05, 3.63) is 39.9 Å². The van der Waals surface area contributed by atoms with Gasteiger partial charge in [0.1, 0.15) is 0 Å². The maximum absolute atomic E-state index is 12.1. The van der Waals surface area contributed by atoms with Gasteiger partial charge in [-0.3, -0.25) is 14.9 Å². The Hall–Kier alpha value is -2.68. The summed E-state index contributed by atoms with van der Waals surface area (Å²) in [5, 5.41) is 17.5. The molecule has 0 bridgehead atoms. The average molecular weight is 432 g/mol. The number of carbonyl (C=O) groups excluding carboxylic acids is 1. The van der Waals surface area contributed by atoms with Crippen molar-refractivity contribution in [2.45, 2.75) is 57.6 Å². The number of likely N-dealkylation sites (tertiary alicyclic amines) is 1. The molecule has 0 aromatic heterocycles. The molecule has 9 heteroatoms. The third-order valence-electron chi connectivity index (χ3n) is 5.66. The second-order valence-corrected chi connectivity index (χ2v) is 8.08. The molecule has 9 nitrogen and oxygen atoms in total. The maximum Gasteiger partial charge on any atom is 0.269 e. The molecular weight excluding hydrogens is 398 g/mol. The standard InChI is InChI=1S/C22H33N5O4/c28-21-7-2-1-3-13-26(21)14-5-12-23-22(25-17-20-6-4-15-31-20)24-16-18-8-10-19(11-9-18)27(29)30/h8-11,20H,1-7,12-17H2,(H2,23,24,25). The number of rotatable bonds is 9. The quantitative estimate of drug-likeness (QED) is 0.205. The highest BCUT2D eigenvalue weighted by Crippen LogP contribution is 2.13. The van der Waals surface area contributed by atoms with E-state index >= 15 is 0 Å². The Morgan fingerprint density at radius 2 is 2.03 bits per heavy atom. The van der Waals surface area contributed by atoms with Crippen LogP contribution < -0.4 is 10.6 Å². The van der Waals surface area contributed by atoms with Crippen molar-refractivity contribution < 1.29 is 14.5 Å². The van der Waals surface area contributed by atoms with Gasteiger partial charge in [0.2, 0.25) is 5.91 Å². The number of non-ortho nitro benzene ring substituents is 1. The Kier molecular flexibility index (Phi) is 9.08. The number of nitrogens with zero attached hydrogens (tertiary/aromatic N) is 3. The molecule has 3 rings (SSSR count). The summed E-state index contributed by atoms with van der Waals surface area (Å²) < 4.78 is 5.68. The van der Waals surface area contributed by atoms with E-state index in [4.69, 9.17) is 4.74 Å². The van der Waals surface area contributed by atoms with E-state index in [9.17, 15) is 14.9 Å². The summed E-state index contributed by atoms with van der Waals surface area (Å²) in [4.78, 5) is 29.1. The number of benzene rings is 1. The second kappa shape index (κ2) is 12.2. The highest BCUT2D eigenvalue weighted by molar-refractivity contribution is 5.79. The molecule has 2 fully saturated rings. The van der Waals surface area contributed by atoms with E-state index in [0.717, 1.165) is 63.8 Å². The number of ether oxygens (including phenoxy) is 1. The zero-order valence-electron chi connectivity index (χ0n) is 18.1. The Morgan fingerprint density at radius 1 is 1.19 bits per heavy atom. The summed E-state index contributed by atoms with van der Waals surface area (Å²) in [5.74, 6) is 0.956. The van der Waals surface area contributed by atoms with Gasteiger partial charge in [0, 0.05) is 51.3 Å². The van der Waals surface area contributed by atoms with Crippen molar-refractivity contribution in [1.29, 1.82) is 0 Å². The van der Waals surface area contributed by atoms with Crippen LogP contribution in [0.2, 0.25) is 0 Å². The van der Waals surface area contributed by atoms with Gasteiger partial charge in [-0.1, -0.05) is 18.6 Å². The van der Waals surface area contributed by atoms with Crippen molar-refractivity contribution in [3.8, 4) is 0 Å². The first-order chi connectivity index (χ1) is 15.1. The summed E-state index contributed by atoms with van der Waals surface area (Å²) in [6.07, 6.45) is 7.05. The van der Waals surface area contributed by atoms with Gasteiger partial charge in [0.25, 0.3) is 5.69 Å². The van der Waals surface area contributed by atoms with Crippen molar-refractivity contribution in [2.24, 2.45) is 4.99 Å². The molecule has 1 aromatic rings. The molecule has 0 radical (unpaired) electrons. The van der Waals surface area contributed by atoms with Crippen LogP contribution in [-0.2, 0) is 16.1 Å². The number of aliphatic imine (C=N–C) groups is 1. The van der Waals surface area contributed by atoms with Gasteiger partial charge in [-0.2, -0.15) is 0 Å². The minimum atomic E-state index is -0.405. The van der Waals surface area contributed by atoms with Gasteiger partial charge in [-0.25, -0.2) is 4.99 Å². The van der Waals surface area contributed by atoms with E-state index in [1.54, 1.807) is 12.1 Å². The Bertz CT molecular complexity index is 747. The molecule has 1 amide bonds. The average Bonchev–Trinajstić information content (AvgIpc) is 3.21. The van der Waals surface area contributed by atoms with Crippen molar-refractivity contribution in [2.75, 3.05) is 32.8 Å². The van der Waals surface area contributed by atoms with Crippen LogP contribution in [-0.4, -0.2) is 60.6 Å². The highest BCUT2D eigenvalue weighted by atomic mass is 16.6. The van der Waals surface area contributed by atoms with Crippen LogP contribution in [0.5, 0.6) is 0 Å². The third kappa shape index (κ3) is 7.82. The zero-order valence-corrected chi connectivity index (χ0v) is 18.1. The molecule has 2 saturated heterocycles. The number of guanidine groups is 1. The molecule has 0 saturated carbocycles. The van der Waals surface area contributed by atoms with Crippen LogP contribution in [0.4, 0.5) is 5.69 Å². The summed E-state index contributed by atoms with van der Waals surface area (Å²) in [5.41, 5.74) is 0.977. The number of amides is 1. The second-order valence-electron chi connectivity index (χ2n) is 8.08. The highest BCUT2D eigenvalue weighted by Gasteiger charge is 2.17. The number of nitro groups is 1. The van der Waals surface area contributed by atoms with Gasteiger partial charge in [-0.15, -0.1) is 0 Å². The number of nitro benzene ring substituents is 1. The van der Waals surface area contributed by atoms with Crippen molar-refractivity contribution in [3.63, 3.8) is 0 Å². The van der Waals surface area contributed by atoms with Gasteiger partial charge < -0.3 is 20.3 Å². The first-order valence-corrected chi connectivity index (χ1v) is 11.3. The molecule has 2 heterocycles. The van der Waals surface area contributed by atoms with Gasteiger partial charge in [0.05, 0.1) is 17.6 Å². The van der Waals surface area contributed by atoms with E-state index in [0.29, 0.717) is 32.0 Å². The van der Waals surface area contributed by atoms with Crippen molar-refractivity contribution >= 4 is 17.6 Å². The van der Waals surface area contributed by atoms with Gasteiger partial charge >= 0.3 is 0 Å². The lowest BCUT2D eigenvalue weighted by Crippen LogP contribution is -2.42. The summed E-state index contributed by atoms with van der Waals surface area (Å²) in [6, 6.07) is 6.44. The van der Waals surface area contributed by atoms with Crippen LogP contribution >= 0.6 is 0 Å².